The van der Waals surface area contributed by atoms with Gasteiger partial charge in [-0.3, -0.25) is 4.90 Å². The molecule has 0 aliphatic carbocycles. The molecule has 1 saturated heterocycles. The largest absolute Gasteiger partial charge is 0.300 e. The maximum Gasteiger partial charge on any atom is 0.0119 e. The SMILES string of the molecule is CC(C)C1CCCN1CC(C)(C)CS. The first-order valence-electron chi connectivity index (χ1n) is 5.81. The Bertz CT molecular complexity index is 177. The smallest absolute Gasteiger partial charge is 0.0119 e. The van der Waals surface area contributed by atoms with Crippen LogP contribution in [0.5, 0.6) is 0 Å². The molecule has 2 heteroatoms. The minimum Gasteiger partial charge on any atom is -0.300 e. The molecule has 14 heavy (non-hydrogen) atoms. The Morgan fingerprint density at radius 2 is 2.07 bits per heavy atom. The molecule has 0 N–H and O–H groups in total. The number of rotatable bonds is 4. The summed E-state index contributed by atoms with van der Waals surface area (Å²) in [5, 5.41) is 0. The van der Waals surface area contributed by atoms with Crippen LogP contribution >= 0.6 is 12.6 Å². The van der Waals surface area contributed by atoms with Crippen molar-refractivity contribution in [2.24, 2.45) is 11.3 Å². The van der Waals surface area contributed by atoms with Gasteiger partial charge in [-0.1, -0.05) is 27.7 Å². The minimum absolute atomic E-state index is 0.362. The fourth-order valence-electron chi connectivity index (χ4n) is 2.40. The maximum absolute atomic E-state index is 4.43. The normalized spacial score (nSPS) is 24.9. The Morgan fingerprint density at radius 3 is 2.57 bits per heavy atom. The quantitative estimate of drug-likeness (QED) is 0.705. The lowest BCUT2D eigenvalue weighted by Gasteiger charge is -2.34. The van der Waals surface area contributed by atoms with Gasteiger partial charge in [0.2, 0.25) is 0 Å². The molecule has 1 rings (SSSR count). The lowest BCUT2D eigenvalue weighted by atomic mass is 9.93. The van der Waals surface area contributed by atoms with Gasteiger partial charge >= 0.3 is 0 Å². The molecule has 1 aliphatic heterocycles. The van der Waals surface area contributed by atoms with E-state index in [9.17, 15) is 0 Å². The summed E-state index contributed by atoms with van der Waals surface area (Å²) in [5.74, 6) is 1.78. The van der Waals surface area contributed by atoms with Gasteiger partial charge < -0.3 is 0 Å². The third kappa shape index (κ3) is 3.16. The van der Waals surface area contributed by atoms with Crippen LogP contribution in [0.1, 0.15) is 40.5 Å². The Labute approximate surface area is 94.7 Å². The maximum atomic E-state index is 4.43. The first kappa shape index (κ1) is 12.4. The molecule has 1 fully saturated rings. The van der Waals surface area contributed by atoms with Crippen molar-refractivity contribution in [3.8, 4) is 0 Å². The summed E-state index contributed by atoms with van der Waals surface area (Å²) in [6.07, 6.45) is 2.77. The van der Waals surface area contributed by atoms with Gasteiger partial charge in [-0.05, 0) is 36.5 Å². The molecule has 1 aliphatic rings. The van der Waals surface area contributed by atoms with Crippen molar-refractivity contribution in [3.63, 3.8) is 0 Å². The van der Waals surface area contributed by atoms with Crippen LogP contribution in [-0.4, -0.2) is 29.8 Å². The lowest BCUT2D eigenvalue weighted by Crippen LogP contribution is -2.40. The van der Waals surface area contributed by atoms with Crippen molar-refractivity contribution in [2.45, 2.75) is 46.6 Å². The van der Waals surface area contributed by atoms with Crippen LogP contribution in [0.15, 0.2) is 0 Å². The number of nitrogens with zero attached hydrogens (tertiary/aromatic N) is 1. The second-order valence-corrected chi connectivity index (χ2v) is 6.06. The molecular weight excluding hydrogens is 190 g/mol. The zero-order chi connectivity index (χ0) is 10.8. The Kier molecular flexibility index (Phi) is 4.32. The molecule has 0 saturated carbocycles. The summed E-state index contributed by atoms with van der Waals surface area (Å²) < 4.78 is 0. The molecule has 0 bridgehead atoms. The van der Waals surface area contributed by atoms with Crippen LogP contribution in [0.25, 0.3) is 0 Å². The Balaban J connectivity index is 2.51. The summed E-state index contributed by atoms with van der Waals surface area (Å²) in [7, 11) is 0. The summed E-state index contributed by atoms with van der Waals surface area (Å²) in [5.41, 5.74) is 0.362. The molecule has 1 unspecified atom stereocenters. The highest BCUT2D eigenvalue weighted by Crippen LogP contribution is 2.28. The van der Waals surface area contributed by atoms with Gasteiger partial charge in [0.25, 0.3) is 0 Å². The third-order valence-corrected chi connectivity index (χ3v) is 4.10. The average molecular weight is 215 g/mol. The van der Waals surface area contributed by atoms with Crippen LogP contribution in [0.2, 0.25) is 0 Å². The number of likely N-dealkylation sites (tertiary alicyclic amines) is 1. The molecule has 0 aromatic heterocycles. The summed E-state index contributed by atoms with van der Waals surface area (Å²) >= 11 is 4.43. The van der Waals surface area contributed by atoms with Crippen LogP contribution < -0.4 is 0 Å². The van der Waals surface area contributed by atoms with E-state index < -0.39 is 0 Å². The minimum atomic E-state index is 0.362. The van der Waals surface area contributed by atoms with E-state index in [1.807, 2.05) is 0 Å². The molecule has 0 aromatic carbocycles. The summed E-state index contributed by atoms with van der Waals surface area (Å²) in [6.45, 7) is 11.8. The van der Waals surface area contributed by atoms with Gasteiger partial charge in [-0.2, -0.15) is 12.6 Å². The predicted molar refractivity (Wildman–Crippen MR) is 67.1 cm³/mol. The fraction of sp³-hybridized carbons (Fsp3) is 1.00. The van der Waals surface area contributed by atoms with Crippen LogP contribution in [0, 0.1) is 11.3 Å². The third-order valence-electron chi connectivity index (χ3n) is 3.24. The highest BCUT2D eigenvalue weighted by Gasteiger charge is 2.30. The van der Waals surface area contributed by atoms with Gasteiger partial charge in [-0.15, -0.1) is 0 Å². The zero-order valence-corrected chi connectivity index (χ0v) is 11.0. The van der Waals surface area contributed by atoms with Crippen molar-refractivity contribution < 1.29 is 0 Å². The molecule has 1 heterocycles. The monoisotopic (exact) mass is 215 g/mol. The first-order valence-corrected chi connectivity index (χ1v) is 6.44. The van der Waals surface area contributed by atoms with Crippen LogP contribution in [0.4, 0.5) is 0 Å². The van der Waals surface area contributed by atoms with E-state index in [1.54, 1.807) is 0 Å². The molecular formula is C12H25NS. The van der Waals surface area contributed by atoms with Crippen molar-refractivity contribution in [1.82, 2.24) is 4.90 Å². The van der Waals surface area contributed by atoms with Crippen molar-refractivity contribution in [3.05, 3.63) is 0 Å². The topological polar surface area (TPSA) is 3.24 Å². The van der Waals surface area contributed by atoms with E-state index in [2.05, 4.69) is 45.2 Å². The number of hydrogen-bond acceptors (Lipinski definition) is 2. The zero-order valence-electron chi connectivity index (χ0n) is 10.1. The Hall–Kier alpha value is 0.310. The average Bonchev–Trinajstić information content (AvgIpc) is 2.51. The molecule has 1 nitrogen and oxygen atoms in total. The molecule has 0 amide bonds. The molecule has 84 valence electrons. The van der Waals surface area contributed by atoms with Crippen molar-refractivity contribution in [2.75, 3.05) is 18.8 Å². The van der Waals surface area contributed by atoms with Crippen molar-refractivity contribution in [1.29, 1.82) is 0 Å². The molecule has 0 radical (unpaired) electrons. The van der Waals surface area contributed by atoms with E-state index in [0.29, 0.717) is 5.41 Å². The standard InChI is InChI=1S/C12H25NS/c1-10(2)11-6-5-7-13(11)8-12(3,4)9-14/h10-11,14H,5-9H2,1-4H3. The van der Waals surface area contributed by atoms with Gasteiger partial charge in [0.15, 0.2) is 0 Å². The van der Waals surface area contributed by atoms with Gasteiger partial charge in [0.1, 0.15) is 0 Å². The first-order chi connectivity index (χ1) is 6.46. The van der Waals surface area contributed by atoms with Crippen LogP contribution in [0.3, 0.4) is 0 Å². The van der Waals surface area contributed by atoms with E-state index in [0.717, 1.165) is 17.7 Å². The van der Waals surface area contributed by atoms with Gasteiger partial charge in [0.05, 0.1) is 0 Å². The Morgan fingerprint density at radius 1 is 1.43 bits per heavy atom. The van der Waals surface area contributed by atoms with E-state index in [4.69, 9.17) is 0 Å². The lowest BCUT2D eigenvalue weighted by molar-refractivity contribution is 0.151. The van der Waals surface area contributed by atoms with Gasteiger partial charge in [-0.25, -0.2) is 0 Å². The van der Waals surface area contributed by atoms with Crippen molar-refractivity contribution >= 4 is 12.6 Å². The number of hydrogen-bond donors (Lipinski definition) is 1. The second-order valence-electron chi connectivity index (χ2n) is 5.75. The van der Waals surface area contributed by atoms with Gasteiger partial charge in [0, 0.05) is 12.6 Å². The number of thiol groups is 1. The highest BCUT2D eigenvalue weighted by molar-refractivity contribution is 7.80. The summed E-state index contributed by atoms with van der Waals surface area (Å²) in [6, 6.07) is 0.814. The molecule has 0 aromatic rings. The highest BCUT2D eigenvalue weighted by atomic mass is 32.1. The predicted octanol–water partition coefficient (Wildman–Crippen LogP) is 3.06. The molecule has 1 atom stereocenters. The molecule has 0 spiro atoms. The summed E-state index contributed by atoms with van der Waals surface area (Å²) in [4.78, 5) is 2.67. The van der Waals surface area contributed by atoms with Crippen LogP contribution in [-0.2, 0) is 0 Å². The van der Waals surface area contributed by atoms with E-state index in [-0.39, 0.29) is 0 Å². The van der Waals surface area contributed by atoms with E-state index in [1.165, 1.54) is 25.9 Å². The fourth-order valence-corrected chi connectivity index (χ4v) is 2.50. The second kappa shape index (κ2) is 4.89. The van der Waals surface area contributed by atoms with E-state index >= 15 is 0 Å².